The molecule has 2 atom stereocenters. The lowest BCUT2D eigenvalue weighted by Gasteiger charge is -2.32. The Balaban J connectivity index is 1.82. The van der Waals surface area contributed by atoms with Crippen molar-refractivity contribution in [2.75, 3.05) is 13.2 Å². The molecule has 0 heterocycles. The van der Waals surface area contributed by atoms with Crippen LogP contribution in [0.1, 0.15) is 31.2 Å². The van der Waals surface area contributed by atoms with Gasteiger partial charge in [0.25, 0.3) is 0 Å². The number of ether oxygens (including phenoxy) is 1. The van der Waals surface area contributed by atoms with Crippen molar-refractivity contribution in [3.05, 3.63) is 29.8 Å². The van der Waals surface area contributed by atoms with Crippen LogP contribution in [0.5, 0.6) is 5.75 Å². The van der Waals surface area contributed by atoms with Gasteiger partial charge in [0.05, 0.1) is 12.5 Å². The van der Waals surface area contributed by atoms with Crippen LogP contribution in [-0.2, 0) is 16.0 Å². The maximum absolute atomic E-state index is 12.3. The first-order chi connectivity index (χ1) is 11.3. The van der Waals surface area contributed by atoms with Crippen molar-refractivity contribution in [3.63, 3.8) is 0 Å². The molecule has 1 amide bonds. The third-order valence-electron chi connectivity index (χ3n) is 4.20. The molecule has 0 saturated heterocycles. The number of phenols is 1. The third kappa shape index (κ3) is 6.03. The number of nitrogens with one attached hydrogen (secondary N) is 1. The maximum atomic E-state index is 12.3. The van der Waals surface area contributed by atoms with Crippen LogP contribution >= 0.6 is 0 Å². The van der Waals surface area contributed by atoms with Gasteiger partial charge in [0, 0.05) is 18.0 Å². The van der Waals surface area contributed by atoms with E-state index >= 15 is 0 Å². The lowest BCUT2D eigenvalue weighted by Crippen LogP contribution is -2.39. The van der Waals surface area contributed by atoms with Gasteiger partial charge in [-0.15, -0.1) is 0 Å². The number of benzene rings is 1. The van der Waals surface area contributed by atoms with Crippen LogP contribution in [0.25, 0.3) is 0 Å². The summed E-state index contributed by atoms with van der Waals surface area (Å²) in [6, 6.07) is 6.56. The average molecular weight is 345 g/mol. The first kappa shape index (κ1) is 18.6. The van der Waals surface area contributed by atoms with E-state index in [0.717, 1.165) is 19.3 Å². The second-order valence-electron chi connectivity index (χ2n) is 6.12. The van der Waals surface area contributed by atoms with Gasteiger partial charge < -0.3 is 15.2 Å². The third-order valence-corrected chi connectivity index (χ3v) is 4.20. The fourth-order valence-corrected chi connectivity index (χ4v) is 2.97. The number of carbonyl (C=O) groups excluding carboxylic acids is 1. The number of hydrogen-bond acceptors (Lipinski definition) is 3. The second-order valence-corrected chi connectivity index (χ2v) is 6.12. The van der Waals surface area contributed by atoms with Gasteiger partial charge in [-0.1, -0.05) is 31.0 Å². The van der Waals surface area contributed by atoms with E-state index in [4.69, 9.17) is 4.74 Å². The van der Waals surface area contributed by atoms with Gasteiger partial charge in [0.2, 0.25) is 5.91 Å². The normalized spacial score (nSPS) is 21.5. The molecule has 1 aliphatic rings. The molecule has 1 aromatic carbocycles. The Morgan fingerprint density at radius 3 is 2.67 bits per heavy atom. The molecule has 0 aliphatic heterocycles. The minimum absolute atomic E-state index is 0.0352. The number of hydrogen-bond donors (Lipinski definition) is 2. The largest absolute Gasteiger partial charge is 0.508 e. The Kier molecular flexibility index (Phi) is 6.48. The predicted molar refractivity (Wildman–Crippen MR) is 82.6 cm³/mol. The topological polar surface area (TPSA) is 58.6 Å². The highest BCUT2D eigenvalue weighted by Crippen LogP contribution is 2.28. The van der Waals surface area contributed by atoms with Gasteiger partial charge >= 0.3 is 6.18 Å². The molecule has 0 bridgehead atoms. The Bertz CT molecular complexity index is 548. The Morgan fingerprint density at radius 1 is 1.25 bits per heavy atom. The summed E-state index contributed by atoms with van der Waals surface area (Å²) >= 11 is 0. The SMILES string of the molecule is O=C(Cc1ccccc1O)NC[C@@H]1CCCC[C@@H]1OCC(F)(F)F. The van der Waals surface area contributed by atoms with Crippen LogP contribution in [0.3, 0.4) is 0 Å². The number of amides is 1. The van der Waals surface area contributed by atoms with E-state index in [1.165, 1.54) is 6.07 Å². The second kappa shape index (κ2) is 8.37. The van der Waals surface area contributed by atoms with Crippen molar-refractivity contribution < 1.29 is 27.8 Å². The van der Waals surface area contributed by atoms with Crippen LogP contribution in [0.2, 0.25) is 0 Å². The van der Waals surface area contributed by atoms with Crippen molar-refractivity contribution in [1.82, 2.24) is 5.32 Å². The number of halogens is 3. The molecule has 7 heteroatoms. The van der Waals surface area contributed by atoms with Gasteiger partial charge in [-0.2, -0.15) is 13.2 Å². The van der Waals surface area contributed by atoms with Crippen molar-refractivity contribution in [2.45, 2.75) is 44.4 Å². The van der Waals surface area contributed by atoms with E-state index in [9.17, 15) is 23.1 Å². The molecule has 1 saturated carbocycles. The van der Waals surface area contributed by atoms with Gasteiger partial charge in [0.1, 0.15) is 12.4 Å². The molecular weight excluding hydrogens is 323 g/mol. The minimum Gasteiger partial charge on any atom is -0.508 e. The van der Waals surface area contributed by atoms with E-state index in [1.54, 1.807) is 18.2 Å². The molecule has 2 N–H and O–H groups in total. The van der Waals surface area contributed by atoms with Crippen molar-refractivity contribution >= 4 is 5.91 Å². The first-order valence-electron chi connectivity index (χ1n) is 8.07. The summed E-state index contributed by atoms with van der Waals surface area (Å²) in [6.45, 7) is -0.963. The van der Waals surface area contributed by atoms with Crippen molar-refractivity contribution in [1.29, 1.82) is 0 Å². The molecule has 0 spiro atoms. The van der Waals surface area contributed by atoms with Gasteiger partial charge in [-0.05, 0) is 18.9 Å². The summed E-state index contributed by atoms with van der Waals surface area (Å²) in [7, 11) is 0. The number of aromatic hydroxyl groups is 1. The minimum atomic E-state index is -4.34. The summed E-state index contributed by atoms with van der Waals surface area (Å²) in [5.74, 6) is -0.331. The number of phenolic OH excluding ortho intramolecular Hbond substituents is 1. The van der Waals surface area contributed by atoms with Crippen LogP contribution in [0, 0.1) is 5.92 Å². The van der Waals surface area contributed by atoms with Crippen LogP contribution in [0.15, 0.2) is 24.3 Å². The zero-order chi connectivity index (χ0) is 17.6. The molecule has 1 aliphatic carbocycles. The molecule has 4 nitrogen and oxygen atoms in total. The van der Waals surface area contributed by atoms with Gasteiger partial charge in [-0.3, -0.25) is 4.79 Å². The van der Waals surface area contributed by atoms with Crippen molar-refractivity contribution in [3.8, 4) is 5.75 Å². The quantitative estimate of drug-likeness (QED) is 0.832. The zero-order valence-electron chi connectivity index (χ0n) is 13.3. The lowest BCUT2D eigenvalue weighted by molar-refractivity contribution is -0.193. The summed E-state index contributed by atoms with van der Waals surface area (Å²) in [5.41, 5.74) is 0.517. The van der Waals surface area contributed by atoms with Crippen LogP contribution < -0.4 is 5.32 Å². The predicted octanol–water partition coefficient (Wildman–Crippen LogP) is 3.19. The smallest absolute Gasteiger partial charge is 0.411 e. The Labute approximate surface area is 139 Å². The summed E-state index contributed by atoms with van der Waals surface area (Å²) in [5, 5.41) is 12.4. The van der Waals surface area contributed by atoms with Crippen LogP contribution in [-0.4, -0.2) is 36.4 Å². The van der Waals surface area contributed by atoms with Crippen LogP contribution in [0.4, 0.5) is 13.2 Å². The number of carbonyl (C=O) groups is 1. The fraction of sp³-hybridized carbons (Fsp3) is 0.588. The molecule has 1 fully saturated rings. The molecule has 2 rings (SSSR count). The number of alkyl halides is 3. The van der Waals surface area contributed by atoms with Gasteiger partial charge in [-0.25, -0.2) is 0 Å². The fourth-order valence-electron chi connectivity index (χ4n) is 2.97. The van der Waals surface area contributed by atoms with E-state index in [0.29, 0.717) is 12.0 Å². The summed E-state index contributed by atoms with van der Waals surface area (Å²) < 4.78 is 42.0. The molecule has 0 aromatic heterocycles. The Hall–Kier alpha value is -1.76. The zero-order valence-corrected chi connectivity index (χ0v) is 13.3. The maximum Gasteiger partial charge on any atom is 0.411 e. The average Bonchev–Trinajstić information content (AvgIpc) is 2.53. The molecule has 24 heavy (non-hydrogen) atoms. The lowest BCUT2D eigenvalue weighted by atomic mass is 9.86. The highest BCUT2D eigenvalue weighted by atomic mass is 19.4. The van der Waals surface area contributed by atoms with E-state index < -0.39 is 18.9 Å². The first-order valence-corrected chi connectivity index (χ1v) is 8.07. The van der Waals surface area contributed by atoms with E-state index in [2.05, 4.69) is 5.32 Å². The van der Waals surface area contributed by atoms with E-state index in [-0.39, 0.29) is 30.5 Å². The monoisotopic (exact) mass is 345 g/mol. The number of para-hydroxylation sites is 1. The van der Waals surface area contributed by atoms with Gasteiger partial charge in [0.15, 0.2) is 0 Å². The number of rotatable bonds is 6. The molecule has 0 radical (unpaired) electrons. The summed E-state index contributed by atoms with van der Waals surface area (Å²) in [4.78, 5) is 12.0. The molecular formula is C17H22F3NO3. The summed E-state index contributed by atoms with van der Waals surface area (Å²) in [6.07, 6.45) is -1.71. The van der Waals surface area contributed by atoms with Crippen molar-refractivity contribution in [2.24, 2.45) is 5.92 Å². The van der Waals surface area contributed by atoms with E-state index in [1.807, 2.05) is 0 Å². The Morgan fingerprint density at radius 2 is 1.96 bits per heavy atom. The molecule has 1 aromatic rings. The highest BCUT2D eigenvalue weighted by Gasteiger charge is 2.33. The molecule has 0 unspecified atom stereocenters. The highest BCUT2D eigenvalue weighted by molar-refractivity contribution is 5.79. The standard InChI is InChI=1S/C17H22F3NO3/c18-17(19,20)11-24-15-8-4-2-6-13(15)10-21-16(23)9-12-5-1-3-7-14(12)22/h1,3,5,7,13,15,22H,2,4,6,8-11H2,(H,21,23)/t13-,15-/m0/s1. The molecule has 134 valence electrons.